The van der Waals surface area contributed by atoms with Crippen molar-refractivity contribution in [3.8, 4) is 0 Å². The van der Waals surface area contributed by atoms with Crippen LogP contribution >= 0.6 is 23.4 Å². The number of halogens is 2. The van der Waals surface area contributed by atoms with Crippen molar-refractivity contribution in [1.29, 1.82) is 0 Å². The van der Waals surface area contributed by atoms with Crippen LogP contribution in [0, 0.1) is 5.82 Å². The van der Waals surface area contributed by atoms with E-state index in [1.54, 1.807) is 6.07 Å². The van der Waals surface area contributed by atoms with Crippen molar-refractivity contribution in [3.05, 3.63) is 52.8 Å². The van der Waals surface area contributed by atoms with Gasteiger partial charge in [0, 0.05) is 34.4 Å². The van der Waals surface area contributed by atoms with Crippen LogP contribution in [-0.2, 0) is 6.54 Å². The van der Waals surface area contributed by atoms with E-state index in [0.717, 1.165) is 29.2 Å². The monoisotopic (exact) mass is 308 g/mol. The predicted octanol–water partition coefficient (Wildman–Crippen LogP) is 4.17. The molecule has 2 nitrogen and oxygen atoms in total. The highest BCUT2D eigenvalue weighted by atomic mass is 35.5. The number of anilines is 2. The molecule has 1 heterocycles. The van der Waals surface area contributed by atoms with Crippen molar-refractivity contribution in [1.82, 2.24) is 0 Å². The van der Waals surface area contributed by atoms with Crippen LogP contribution in [-0.4, -0.2) is 12.3 Å². The Balaban J connectivity index is 1.91. The SMILES string of the molecule is Nc1ccc2c(c1)N(Cc1ccc(F)cc1Cl)CCS2. The Hall–Kier alpha value is -1.39. The molecule has 104 valence electrons. The molecule has 0 atom stereocenters. The van der Waals surface area contributed by atoms with E-state index in [4.69, 9.17) is 17.3 Å². The maximum absolute atomic E-state index is 13.1. The highest BCUT2D eigenvalue weighted by Gasteiger charge is 2.18. The number of rotatable bonds is 2. The Morgan fingerprint density at radius 3 is 2.90 bits per heavy atom. The van der Waals surface area contributed by atoms with Gasteiger partial charge in [0.1, 0.15) is 5.82 Å². The molecule has 2 N–H and O–H groups in total. The first kappa shape index (κ1) is 13.6. The Morgan fingerprint density at radius 1 is 1.25 bits per heavy atom. The quantitative estimate of drug-likeness (QED) is 0.844. The first-order valence-electron chi connectivity index (χ1n) is 6.35. The smallest absolute Gasteiger partial charge is 0.124 e. The summed E-state index contributed by atoms with van der Waals surface area (Å²) < 4.78 is 13.1. The van der Waals surface area contributed by atoms with Crippen molar-refractivity contribution in [2.75, 3.05) is 22.9 Å². The number of benzene rings is 2. The summed E-state index contributed by atoms with van der Waals surface area (Å²) in [7, 11) is 0. The van der Waals surface area contributed by atoms with E-state index in [-0.39, 0.29) is 5.82 Å². The minimum atomic E-state index is -0.308. The summed E-state index contributed by atoms with van der Waals surface area (Å²) in [5, 5.41) is 0.466. The van der Waals surface area contributed by atoms with Crippen LogP contribution in [0.3, 0.4) is 0 Å². The van der Waals surface area contributed by atoms with Crippen LogP contribution < -0.4 is 10.6 Å². The summed E-state index contributed by atoms with van der Waals surface area (Å²) in [6.45, 7) is 1.59. The van der Waals surface area contributed by atoms with E-state index in [2.05, 4.69) is 4.90 Å². The van der Waals surface area contributed by atoms with E-state index in [1.807, 2.05) is 30.0 Å². The molecule has 0 saturated heterocycles. The first-order valence-corrected chi connectivity index (χ1v) is 7.71. The Labute approximate surface area is 126 Å². The molecule has 20 heavy (non-hydrogen) atoms. The molecule has 0 amide bonds. The van der Waals surface area contributed by atoms with Gasteiger partial charge in [0.25, 0.3) is 0 Å². The third kappa shape index (κ3) is 2.72. The van der Waals surface area contributed by atoms with Crippen LogP contribution in [0.1, 0.15) is 5.56 Å². The van der Waals surface area contributed by atoms with Gasteiger partial charge in [-0.2, -0.15) is 0 Å². The largest absolute Gasteiger partial charge is 0.399 e. The zero-order valence-corrected chi connectivity index (χ0v) is 12.3. The van der Waals surface area contributed by atoms with Crippen LogP contribution in [0.15, 0.2) is 41.3 Å². The van der Waals surface area contributed by atoms with Gasteiger partial charge in [-0.05, 0) is 35.9 Å². The second kappa shape index (κ2) is 5.54. The Bertz CT molecular complexity index is 648. The number of thioether (sulfide) groups is 1. The molecule has 0 aromatic heterocycles. The first-order chi connectivity index (χ1) is 9.63. The van der Waals surface area contributed by atoms with Gasteiger partial charge >= 0.3 is 0 Å². The highest BCUT2D eigenvalue weighted by Crippen LogP contribution is 2.37. The van der Waals surface area contributed by atoms with E-state index < -0.39 is 0 Å². The lowest BCUT2D eigenvalue weighted by Crippen LogP contribution is -2.28. The number of nitrogen functional groups attached to an aromatic ring is 1. The fourth-order valence-electron chi connectivity index (χ4n) is 2.31. The summed E-state index contributed by atoms with van der Waals surface area (Å²) >= 11 is 7.94. The van der Waals surface area contributed by atoms with Crippen LogP contribution in [0.2, 0.25) is 5.02 Å². The van der Waals surface area contributed by atoms with Crippen LogP contribution in [0.4, 0.5) is 15.8 Å². The summed E-state index contributed by atoms with van der Waals surface area (Å²) in [5.41, 5.74) is 8.68. The third-order valence-corrected chi connectivity index (χ3v) is 4.71. The van der Waals surface area contributed by atoms with E-state index >= 15 is 0 Å². The molecule has 2 aromatic rings. The van der Waals surface area contributed by atoms with Crippen molar-refractivity contribution >= 4 is 34.7 Å². The van der Waals surface area contributed by atoms with Gasteiger partial charge in [0.2, 0.25) is 0 Å². The number of nitrogens with zero attached hydrogens (tertiary/aromatic N) is 1. The lowest BCUT2D eigenvalue weighted by atomic mass is 10.1. The minimum absolute atomic E-state index is 0.308. The van der Waals surface area contributed by atoms with Gasteiger partial charge in [-0.1, -0.05) is 17.7 Å². The zero-order valence-electron chi connectivity index (χ0n) is 10.8. The average Bonchev–Trinajstić information content (AvgIpc) is 2.42. The van der Waals surface area contributed by atoms with Crippen molar-refractivity contribution in [3.63, 3.8) is 0 Å². The maximum Gasteiger partial charge on any atom is 0.124 e. The maximum atomic E-state index is 13.1. The molecular formula is C15H14ClFN2S. The normalized spacial score (nSPS) is 14.2. The molecule has 5 heteroatoms. The van der Waals surface area contributed by atoms with Crippen molar-refractivity contribution < 1.29 is 4.39 Å². The second-order valence-corrected chi connectivity index (χ2v) is 6.28. The third-order valence-electron chi connectivity index (χ3n) is 3.32. The Morgan fingerprint density at radius 2 is 2.10 bits per heavy atom. The molecule has 1 aliphatic rings. The zero-order chi connectivity index (χ0) is 14.1. The number of fused-ring (bicyclic) bond motifs is 1. The second-order valence-electron chi connectivity index (χ2n) is 4.73. The highest BCUT2D eigenvalue weighted by molar-refractivity contribution is 7.99. The molecule has 0 spiro atoms. The molecule has 3 rings (SSSR count). The van der Waals surface area contributed by atoms with E-state index in [0.29, 0.717) is 11.6 Å². The van der Waals surface area contributed by atoms with Gasteiger partial charge in [-0.3, -0.25) is 0 Å². The lowest BCUT2D eigenvalue weighted by Gasteiger charge is -2.31. The number of hydrogen-bond donors (Lipinski definition) is 1. The summed E-state index contributed by atoms with van der Waals surface area (Å²) in [4.78, 5) is 3.46. The summed E-state index contributed by atoms with van der Waals surface area (Å²) in [6, 6.07) is 10.5. The van der Waals surface area contributed by atoms with Crippen LogP contribution in [0.5, 0.6) is 0 Å². The fourth-order valence-corrected chi connectivity index (χ4v) is 3.57. The topological polar surface area (TPSA) is 29.3 Å². The molecule has 0 saturated carbocycles. The van der Waals surface area contributed by atoms with E-state index in [9.17, 15) is 4.39 Å². The van der Waals surface area contributed by atoms with Crippen molar-refractivity contribution in [2.45, 2.75) is 11.4 Å². The number of hydrogen-bond acceptors (Lipinski definition) is 3. The average molecular weight is 309 g/mol. The molecular weight excluding hydrogens is 295 g/mol. The molecule has 0 radical (unpaired) electrons. The minimum Gasteiger partial charge on any atom is -0.399 e. The summed E-state index contributed by atoms with van der Waals surface area (Å²) in [6.07, 6.45) is 0. The molecule has 0 aliphatic carbocycles. The molecule has 0 unspecified atom stereocenters. The lowest BCUT2D eigenvalue weighted by molar-refractivity contribution is 0.626. The fraction of sp³-hybridized carbons (Fsp3) is 0.200. The van der Waals surface area contributed by atoms with Gasteiger partial charge in [-0.15, -0.1) is 11.8 Å². The van der Waals surface area contributed by atoms with Crippen molar-refractivity contribution in [2.24, 2.45) is 0 Å². The predicted molar refractivity (Wildman–Crippen MR) is 84.0 cm³/mol. The molecule has 2 aromatic carbocycles. The van der Waals surface area contributed by atoms with Gasteiger partial charge < -0.3 is 10.6 Å². The summed E-state index contributed by atoms with van der Waals surface area (Å²) in [5.74, 6) is 0.716. The molecule has 1 aliphatic heterocycles. The molecule has 0 fully saturated rings. The molecule has 0 bridgehead atoms. The van der Waals surface area contributed by atoms with E-state index in [1.165, 1.54) is 17.0 Å². The van der Waals surface area contributed by atoms with Gasteiger partial charge in [0.05, 0.1) is 5.69 Å². The van der Waals surface area contributed by atoms with Crippen LogP contribution in [0.25, 0.3) is 0 Å². The number of nitrogens with two attached hydrogens (primary N) is 1. The standard InChI is InChI=1S/C15H14ClFN2S/c16-13-7-11(17)2-1-10(13)9-19-5-6-20-15-4-3-12(18)8-14(15)19/h1-4,7-8H,5-6,9,18H2. The Kier molecular flexibility index (Phi) is 3.76. The van der Waals surface area contributed by atoms with Gasteiger partial charge in [0.15, 0.2) is 0 Å². The van der Waals surface area contributed by atoms with Gasteiger partial charge in [-0.25, -0.2) is 4.39 Å².